The van der Waals surface area contributed by atoms with Gasteiger partial charge in [0, 0.05) is 12.8 Å². The van der Waals surface area contributed by atoms with Crippen LogP contribution in [0.15, 0.2) is 12.2 Å². The summed E-state index contributed by atoms with van der Waals surface area (Å²) in [6.45, 7) is 2.43. The molecule has 1 unspecified atom stereocenters. The number of unbranched alkanes of at least 4 members (excludes halogenated alkanes) is 33. The third-order valence-electron chi connectivity index (χ3n) is 11.4. The van der Waals surface area contributed by atoms with Crippen LogP contribution in [0.25, 0.3) is 0 Å². The summed E-state index contributed by atoms with van der Waals surface area (Å²) in [7, 11) is -4.62. The average molecular weight is 889 g/mol. The van der Waals surface area contributed by atoms with Crippen molar-refractivity contribution >= 4 is 19.8 Å². The van der Waals surface area contributed by atoms with Gasteiger partial charge in [-0.1, -0.05) is 219 Å². The van der Waals surface area contributed by atoms with E-state index >= 15 is 0 Å². The number of hydrogen-bond donors (Lipinski definition) is 3. The number of phosphoric acid groups is 1. The molecule has 0 amide bonds. The molecule has 0 bridgehead atoms. The van der Waals surface area contributed by atoms with Gasteiger partial charge in [0.25, 0.3) is 0 Å². The fourth-order valence-corrected chi connectivity index (χ4v) is 8.25. The van der Waals surface area contributed by atoms with Gasteiger partial charge in [0.15, 0.2) is 6.10 Å². The first-order valence-corrected chi connectivity index (χ1v) is 27.1. The third-order valence-corrected chi connectivity index (χ3v) is 12.4. The van der Waals surface area contributed by atoms with Crippen LogP contribution in [0.4, 0.5) is 0 Å². The fraction of sp³-hybridized carbons (Fsp3) is 0.920. The van der Waals surface area contributed by atoms with Gasteiger partial charge in [0.1, 0.15) is 12.7 Å². The minimum absolute atomic E-state index is 0.190. The minimum Gasteiger partial charge on any atom is -0.462 e. The Morgan fingerprint density at radius 1 is 0.475 bits per heavy atom. The largest absolute Gasteiger partial charge is 0.472 e. The first-order valence-electron chi connectivity index (χ1n) is 25.6. The van der Waals surface area contributed by atoms with Gasteiger partial charge in [0.05, 0.1) is 19.8 Å². The Balaban J connectivity index is 4.16. The molecule has 362 valence electrons. The van der Waals surface area contributed by atoms with Crippen LogP contribution >= 0.6 is 7.82 Å². The number of aliphatic hydroxyl groups is 2. The number of phosphoric ester groups is 1. The van der Waals surface area contributed by atoms with Crippen molar-refractivity contribution in [3.05, 3.63) is 12.2 Å². The predicted molar refractivity (Wildman–Crippen MR) is 252 cm³/mol. The van der Waals surface area contributed by atoms with Gasteiger partial charge in [-0.3, -0.25) is 18.6 Å². The summed E-state index contributed by atoms with van der Waals surface area (Å²) in [4.78, 5) is 35.2. The van der Waals surface area contributed by atoms with E-state index in [2.05, 4.69) is 26.0 Å². The number of ether oxygens (including phenoxy) is 2. The predicted octanol–water partition coefficient (Wildman–Crippen LogP) is 14.3. The van der Waals surface area contributed by atoms with Crippen molar-refractivity contribution in [2.75, 3.05) is 26.4 Å². The van der Waals surface area contributed by atoms with Gasteiger partial charge in [-0.15, -0.1) is 0 Å². The average Bonchev–Trinajstić information content (AvgIpc) is 3.25. The van der Waals surface area contributed by atoms with Crippen molar-refractivity contribution in [1.29, 1.82) is 0 Å². The fourth-order valence-electron chi connectivity index (χ4n) is 7.46. The molecule has 3 atom stereocenters. The lowest BCUT2D eigenvalue weighted by Crippen LogP contribution is -2.29. The van der Waals surface area contributed by atoms with Crippen molar-refractivity contribution in [3.63, 3.8) is 0 Å². The van der Waals surface area contributed by atoms with Crippen LogP contribution in [0.5, 0.6) is 0 Å². The summed E-state index contributed by atoms with van der Waals surface area (Å²) in [6.07, 6.45) is 47.5. The summed E-state index contributed by atoms with van der Waals surface area (Å²) in [5.41, 5.74) is 0. The van der Waals surface area contributed by atoms with E-state index < -0.39 is 51.8 Å². The first kappa shape index (κ1) is 59.7. The van der Waals surface area contributed by atoms with Crippen molar-refractivity contribution in [2.24, 2.45) is 0 Å². The second kappa shape index (κ2) is 46.7. The molecule has 0 aromatic carbocycles. The second-order valence-electron chi connectivity index (χ2n) is 17.6. The Morgan fingerprint density at radius 2 is 0.803 bits per heavy atom. The molecule has 11 heteroatoms. The number of esters is 2. The number of rotatable bonds is 49. The lowest BCUT2D eigenvalue weighted by Gasteiger charge is -2.20. The van der Waals surface area contributed by atoms with Crippen molar-refractivity contribution in [1.82, 2.24) is 0 Å². The molecular weight excluding hydrogens is 792 g/mol. The van der Waals surface area contributed by atoms with E-state index in [0.717, 1.165) is 44.9 Å². The van der Waals surface area contributed by atoms with Crippen LogP contribution in [0, 0.1) is 0 Å². The maximum absolute atomic E-state index is 12.7. The Bertz CT molecular complexity index is 1020. The van der Waals surface area contributed by atoms with Gasteiger partial charge in [-0.05, 0) is 38.5 Å². The van der Waals surface area contributed by atoms with E-state index in [0.29, 0.717) is 12.8 Å². The summed E-state index contributed by atoms with van der Waals surface area (Å²) < 4.78 is 32.9. The molecule has 0 aliphatic rings. The third kappa shape index (κ3) is 46.5. The van der Waals surface area contributed by atoms with Gasteiger partial charge in [-0.25, -0.2) is 4.57 Å². The molecule has 0 fully saturated rings. The highest BCUT2D eigenvalue weighted by Crippen LogP contribution is 2.43. The van der Waals surface area contributed by atoms with E-state index in [1.807, 2.05) is 0 Å². The Kier molecular flexibility index (Phi) is 45.7. The molecule has 0 rings (SSSR count). The molecule has 0 heterocycles. The summed E-state index contributed by atoms with van der Waals surface area (Å²) >= 11 is 0. The molecule has 0 saturated heterocycles. The smallest absolute Gasteiger partial charge is 0.462 e. The zero-order chi connectivity index (χ0) is 44.8. The van der Waals surface area contributed by atoms with Crippen LogP contribution in [0.2, 0.25) is 0 Å². The zero-order valence-corrected chi connectivity index (χ0v) is 40.5. The standard InChI is InChI=1S/C50H97O10P/c1-3-5-7-9-11-13-15-17-19-21-23-25-27-29-31-33-35-37-39-41-49(53)57-45-48(46-59-61(55,56)58-44-47(52)43-51)60-50(54)42-40-38-36-34-32-30-28-26-24-22-20-18-16-14-12-10-8-6-4-2/h21,23,47-48,51-52H,3-20,22,24-46H2,1-2H3,(H,55,56)/b23-21-/t47-,48+/m0/s1. The van der Waals surface area contributed by atoms with Crippen molar-refractivity contribution in [3.8, 4) is 0 Å². The molecule has 0 spiro atoms. The van der Waals surface area contributed by atoms with E-state index in [1.165, 1.54) is 173 Å². The Labute approximate surface area is 375 Å². The maximum Gasteiger partial charge on any atom is 0.472 e. The molecular formula is C50H97O10P. The second-order valence-corrected chi connectivity index (χ2v) is 19.0. The van der Waals surface area contributed by atoms with Gasteiger partial charge in [0.2, 0.25) is 0 Å². The van der Waals surface area contributed by atoms with Crippen molar-refractivity contribution in [2.45, 2.75) is 270 Å². The van der Waals surface area contributed by atoms with Crippen LogP contribution in [0.3, 0.4) is 0 Å². The zero-order valence-electron chi connectivity index (χ0n) is 39.7. The van der Waals surface area contributed by atoms with Crippen LogP contribution < -0.4 is 0 Å². The van der Waals surface area contributed by atoms with E-state index in [-0.39, 0.29) is 19.4 Å². The van der Waals surface area contributed by atoms with Crippen LogP contribution in [-0.4, -0.2) is 65.7 Å². The van der Waals surface area contributed by atoms with Crippen LogP contribution in [-0.2, 0) is 32.7 Å². The molecule has 0 saturated carbocycles. The van der Waals surface area contributed by atoms with Crippen LogP contribution in [0.1, 0.15) is 258 Å². The number of carbonyl (C=O) groups excluding carboxylic acids is 2. The summed E-state index contributed by atoms with van der Waals surface area (Å²) in [5, 5.41) is 18.4. The molecule has 3 N–H and O–H groups in total. The number of carbonyl (C=O) groups is 2. The van der Waals surface area contributed by atoms with Gasteiger partial charge in [-0.2, -0.15) is 0 Å². The molecule has 0 radical (unpaired) electrons. The quantitative estimate of drug-likeness (QED) is 0.0233. The highest BCUT2D eigenvalue weighted by Gasteiger charge is 2.27. The van der Waals surface area contributed by atoms with Gasteiger partial charge < -0.3 is 24.6 Å². The molecule has 0 aliphatic carbocycles. The molecule has 0 aromatic rings. The van der Waals surface area contributed by atoms with E-state index in [1.54, 1.807) is 0 Å². The topological polar surface area (TPSA) is 149 Å². The SMILES string of the molecule is CCCCCCCCCC/C=C\CCCCCCCCCC(=O)OC[C@H](COP(=O)(O)OC[C@@H](O)CO)OC(=O)CCCCCCCCCCCCCCCCCCCCC. The number of aliphatic hydroxyl groups excluding tert-OH is 2. The highest BCUT2D eigenvalue weighted by molar-refractivity contribution is 7.47. The monoisotopic (exact) mass is 889 g/mol. The lowest BCUT2D eigenvalue weighted by atomic mass is 10.0. The molecule has 0 aliphatic heterocycles. The molecule has 61 heavy (non-hydrogen) atoms. The van der Waals surface area contributed by atoms with Crippen molar-refractivity contribution < 1.29 is 47.8 Å². The number of hydrogen-bond acceptors (Lipinski definition) is 9. The Morgan fingerprint density at radius 3 is 1.18 bits per heavy atom. The number of allylic oxidation sites excluding steroid dienone is 2. The normalized spacial score (nSPS) is 13.7. The van der Waals surface area contributed by atoms with E-state index in [4.69, 9.17) is 23.6 Å². The van der Waals surface area contributed by atoms with Gasteiger partial charge >= 0.3 is 19.8 Å². The lowest BCUT2D eigenvalue weighted by molar-refractivity contribution is -0.161. The molecule has 10 nitrogen and oxygen atoms in total. The summed E-state index contributed by atoms with van der Waals surface area (Å²) in [6, 6.07) is 0. The first-order chi connectivity index (χ1) is 29.7. The minimum atomic E-state index is -4.62. The summed E-state index contributed by atoms with van der Waals surface area (Å²) in [5.74, 6) is -0.913. The maximum atomic E-state index is 12.7. The highest BCUT2D eigenvalue weighted by atomic mass is 31.2. The Hall–Kier alpha value is -1.29. The molecule has 0 aromatic heterocycles. The van der Waals surface area contributed by atoms with E-state index in [9.17, 15) is 24.2 Å².